The Balaban J connectivity index is 1.78. The number of piperazine rings is 1. The van der Waals surface area contributed by atoms with Crippen LogP contribution in [0.3, 0.4) is 0 Å². The van der Waals surface area contributed by atoms with Crippen molar-refractivity contribution >= 4 is 31.9 Å². The minimum absolute atomic E-state index is 0.0515. The number of carbonyl (C=O) groups is 1. The van der Waals surface area contributed by atoms with E-state index in [0.29, 0.717) is 15.8 Å². The minimum atomic E-state index is -4.79. The molecule has 0 aliphatic carbocycles. The number of carbonyl (C=O) groups excluding carboxylic acids is 1. The van der Waals surface area contributed by atoms with E-state index in [-0.39, 0.29) is 32.1 Å². The van der Waals surface area contributed by atoms with Crippen molar-refractivity contribution in [3.05, 3.63) is 58.1 Å². The summed E-state index contributed by atoms with van der Waals surface area (Å²) in [5, 5.41) is 0. The van der Waals surface area contributed by atoms with E-state index in [4.69, 9.17) is 4.74 Å². The molecule has 0 unspecified atom stereocenters. The van der Waals surface area contributed by atoms with Crippen molar-refractivity contribution in [3.8, 4) is 5.75 Å². The molecule has 0 spiro atoms. The first kappa shape index (κ1) is 22.6. The van der Waals surface area contributed by atoms with Gasteiger partial charge in [-0.15, -0.1) is 0 Å². The molecule has 3 rings (SSSR count). The summed E-state index contributed by atoms with van der Waals surface area (Å²) in [7, 11) is -2.89. The van der Waals surface area contributed by atoms with E-state index in [9.17, 15) is 26.4 Å². The fourth-order valence-corrected chi connectivity index (χ4v) is 5.21. The zero-order valence-electron chi connectivity index (χ0n) is 15.8. The van der Waals surface area contributed by atoms with E-state index in [2.05, 4.69) is 15.9 Å². The number of nitrogens with zero attached hydrogens (tertiary/aromatic N) is 2. The van der Waals surface area contributed by atoms with Crippen molar-refractivity contribution < 1.29 is 31.1 Å². The van der Waals surface area contributed by atoms with Crippen molar-refractivity contribution in [2.75, 3.05) is 33.3 Å². The van der Waals surface area contributed by atoms with Gasteiger partial charge in [0, 0.05) is 30.7 Å². The number of methoxy groups -OCH3 is 1. The van der Waals surface area contributed by atoms with Gasteiger partial charge in [0.05, 0.1) is 23.1 Å². The molecule has 1 heterocycles. The monoisotopic (exact) mass is 506 g/mol. The van der Waals surface area contributed by atoms with Crippen LogP contribution in [-0.4, -0.2) is 56.8 Å². The van der Waals surface area contributed by atoms with Crippen LogP contribution in [0.4, 0.5) is 13.2 Å². The zero-order valence-corrected chi connectivity index (χ0v) is 18.2. The standard InChI is InChI=1S/C19H18BrF3N2O4S/c1-29-13-6-7-16(20)14(12-13)18(26)24-8-10-25(11-9-24)30(27,28)17-5-3-2-4-15(17)19(21,22)23/h2-7,12H,8-11H2,1H3. The van der Waals surface area contributed by atoms with Crippen LogP contribution in [0.1, 0.15) is 15.9 Å². The zero-order chi connectivity index (χ0) is 22.1. The molecule has 6 nitrogen and oxygen atoms in total. The molecule has 0 bridgehead atoms. The van der Waals surface area contributed by atoms with E-state index < -0.39 is 26.7 Å². The minimum Gasteiger partial charge on any atom is -0.497 e. The van der Waals surface area contributed by atoms with Gasteiger partial charge in [0.15, 0.2) is 0 Å². The average molecular weight is 507 g/mol. The first-order valence-corrected chi connectivity index (χ1v) is 11.1. The number of ether oxygens (including phenoxy) is 1. The lowest BCUT2D eigenvalue weighted by Gasteiger charge is -2.34. The Hall–Kier alpha value is -2.11. The second-order valence-corrected chi connectivity index (χ2v) is 9.30. The Kier molecular flexibility index (Phi) is 6.44. The Morgan fingerprint density at radius 1 is 1.07 bits per heavy atom. The summed E-state index contributed by atoms with van der Waals surface area (Å²) in [5.74, 6) is 0.167. The molecule has 11 heteroatoms. The third-order valence-corrected chi connectivity index (χ3v) is 7.39. The molecule has 0 radical (unpaired) electrons. The summed E-state index contributed by atoms with van der Waals surface area (Å²) >= 11 is 3.31. The maximum atomic E-state index is 13.3. The number of amides is 1. The normalized spacial score (nSPS) is 15.8. The maximum Gasteiger partial charge on any atom is 0.417 e. The van der Waals surface area contributed by atoms with Gasteiger partial charge in [-0.1, -0.05) is 12.1 Å². The molecular formula is C19H18BrF3N2O4S. The highest BCUT2D eigenvalue weighted by Crippen LogP contribution is 2.35. The topological polar surface area (TPSA) is 66.9 Å². The number of rotatable bonds is 4. The van der Waals surface area contributed by atoms with Crippen LogP contribution in [0.25, 0.3) is 0 Å². The van der Waals surface area contributed by atoms with Gasteiger partial charge >= 0.3 is 6.18 Å². The van der Waals surface area contributed by atoms with E-state index in [1.54, 1.807) is 18.2 Å². The Labute approximate surface area is 180 Å². The highest BCUT2D eigenvalue weighted by molar-refractivity contribution is 9.10. The third kappa shape index (κ3) is 4.47. The molecule has 1 fully saturated rings. The molecule has 162 valence electrons. The van der Waals surface area contributed by atoms with E-state index >= 15 is 0 Å². The number of alkyl halides is 3. The summed E-state index contributed by atoms with van der Waals surface area (Å²) in [6.07, 6.45) is -4.79. The molecule has 30 heavy (non-hydrogen) atoms. The van der Waals surface area contributed by atoms with Crippen LogP contribution in [0, 0.1) is 0 Å². The third-order valence-electron chi connectivity index (χ3n) is 4.74. The number of sulfonamides is 1. The van der Waals surface area contributed by atoms with Gasteiger partial charge in [-0.2, -0.15) is 17.5 Å². The van der Waals surface area contributed by atoms with Gasteiger partial charge < -0.3 is 9.64 Å². The van der Waals surface area contributed by atoms with Gasteiger partial charge in [0.25, 0.3) is 5.91 Å². The van der Waals surface area contributed by atoms with Crippen molar-refractivity contribution in [3.63, 3.8) is 0 Å². The van der Waals surface area contributed by atoms with Crippen LogP contribution in [0.5, 0.6) is 5.75 Å². The lowest BCUT2D eigenvalue weighted by molar-refractivity contribution is -0.139. The van der Waals surface area contributed by atoms with Crippen LogP contribution in [-0.2, 0) is 16.2 Å². The molecule has 2 aromatic rings. The number of hydrogen-bond acceptors (Lipinski definition) is 4. The van der Waals surface area contributed by atoms with Crippen molar-refractivity contribution in [1.29, 1.82) is 0 Å². The van der Waals surface area contributed by atoms with Crippen molar-refractivity contribution in [1.82, 2.24) is 9.21 Å². The fraction of sp³-hybridized carbons (Fsp3) is 0.316. The Bertz CT molecular complexity index is 1050. The van der Waals surface area contributed by atoms with Gasteiger partial charge in [0.1, 0.15) is 5.75 Å². The number of hydrogen-bond donors (Lipinski definition) is 0. The first-order valence-electron chi connectivity index (χ1n) is 8.85. The predicted octanol–water partition coefficient (Wildman–Crippen LogP) is 3.62. The second-order valence-electron chi connectivity index (χ2n) is 6.54. The van der Waals surface area contributed by atoms with Gasteiger partial charge in [0.2, 0.25) is 10.0 Å². The van der Waals surface area contributed by atoms with Crippen LogP contribution in [0.15, 0.2) is 51.8 Å². The quantitative estimate of drug-likeness (QED) is 0.635. The fourth-order valence-electron chi connectivity index (χ4n) is 3.16. The van der Waals surface area contributed by atoms with Crippen LogP contribution in [0.2, 0.25) is 0 Å². The molecule has 0 atom stereocenters. The summed E-state index contributed by atoms with van der Waals surface area (Å²) in [6, 6.07) is 9.00. The SMILES string of the molecule is COc1ccc(Br)c(C(=O)N2CCN(S(=O)(=O)c3ccccc3C(F)(F)F)CC2)c1. The maximum absolute atomic E-state index is 13.3. The lowest BCUT2D eigenvalue weighted by Crippen LogP contribution is -2.50. The molecule has 0 saturated carbocycles. The summed E-state index contributed by atoms with van der Waals surface area (Å²) in [5.41, 5.74) is -0.850. The molecule has 1 saturated heterocycles. The van der Waals surface area contributed by atoms with Crippen molar-refractivity contribution in [2.45, 2.75) is 11.1 Å². The second kappa shape index (κ2) is 8.56. The number of halogens is 4. The first-order chi connectivity index (χ1) is 14.1. The Morgan fingerprint density at radius 2 is 1.70 bits per heavy atom. The van der Waals surface area contributed by atoms with E-state index in [1.165, 1.54) is 18.1 Å². The molecule has 1 amide bonds. The van der Waals surface area contributed by atoms with Gasteiger partial charge in [-0.3, -0.25) is 4.79 Å². The number of benzene rings is 2. The van der Waals surface area contributed by atoms with Gasteiger partial charge in [-0.05, 0) is 46.3 Å². The lowest BCUT2D eigenvalue weighted by atomic mass is 10.1. The largest absolute Gasteiger partial charge is 0.497 e. The van der Waals surface area contributed by atoms with Crippen molar-refractivity contribution in [2.24, 2.45) is 0 Å². The predicted molar refractivity (Wildman–Crippen MR) is 107 cm³/mol. The molecule has 2 aromatic carbocycles. The van der Waals surface area contributed by atoms with E-state index in [1.807, 2.05) is 0 Å². The average Bonchev–Trinajstić information content (AvgIpc) is 2.73. The molecular weight excluding hydrogens is 489 g/mol. The summed E-state index contributed by atoms with van der Waals surface area (Å²) in [6.45, 7) is -0.116. The van der Waals surface area contributed by atoms with Crippen LogP contribution >= 0.6 is 15.9 Å². The molecule has 1 aliphatic rings. The molecule has 0 N–H and O–H groups in total. The summed E-state index contributed by atoms with van der Waals surface area (Å²) in [4.78, 5) is 13.5. The molecule has 0 aromatic heterocycles. The smallest absolute Gasteiger partial charge is 0.417 e. The van der Waals surface area contributed by atoms with Crippen LogP contribution < -0.4 is 4.74 Å². The Morgan fingerprint density at radius 3 is 2.30 bits per heavy atom. The van der Waals surface area contributed by atoms with Gasteiger partial charge in [-0.25, -0.2) is 8.42 Å². The molecule has 1 aliphatic heterocycles. The highest BCUT2D eigenvalue weighted by Gasteiger charge is 2.39. The summed E-state index contributed by atoms with van der Waals surface area (Å²) < 4.78 is 72.1. The van der Waals surface area contributed by atoms with E-state index in [0.717, 1.165) is 22.5 Å². The highest BCUT2D eigenvalue weighted by atomic mass is 79.9.